The Kier molecular flexibility index (Phi) is 3.65. The summed E-state index contributed by atoms with van der Waals surface area (Å²) >= 11 is 0. The highest BCUT2D eigenvalue weighted by atomic mass is 16.4. The molecule has 1 amide bonds. The van der Waals surface area contributed by atoms with Crippen LogP contribution in [0.1, 0.15) is 55.9 Å². The second kappa shape index (κ2) is 6.41. The van der Waals surface area contributed by atoms with Gasteiger partial charge in [0.2, 0.25) is 5.91 Å². The standard InChI is InChI=1S/C16H23NO4/c1-2-3-4-5-12-11(6-7-13(12)18)10-14(19)17-16(8-9-16)15(20)21/h3-4,11-12H,2,5-10H2,1H3,(H,17,19)(H,20,21)/b4-3-/i7D2,12D. The Morgan fingerprint density at radius 1 is 1.52 bits per heavy atom. The maximum atomic E-state index is 12.3. The number of allylic oxidation sites excluding steroid dienone is 2. The van der Waals surface area contributed by atoms with E-state index in [1.807, 2.05) is 6.92 Å². The van der Waals surface area contributed by atoms with E-state index in [4.69, 9.17) is 9.22 Å². The Morgan fingerprint density at radius 3 is 2.81 bits per heavy atom. The molecule has 0 saturated heterocycles. The average molecular weight is 296 g/mol. The Bertz CT molecular complexity index is 586. The van der Waals surface area contributed by atoms with Gasteiger partial charge in [-0.05, 0) is 38.0 Å². The number of carboxylic acid groups (broad SMARTS) is 1. The van der Waals surface area contributed by atoms with Crippen molar-refractivity contribution in [1.82, 2.24) is 5.32 Å². The highest BCUT2D eigenvalue weighted by Gasteiger charge is 2.51. The number of carbonyl (C=O) groups excluding carboxylic acids is 2. The van der Waals surface area contributed by atoms with Crippen LogP contribution >= 0.6 is 0 Å². The van der Waals surface area contributed by atoms with E-state index in [0.717, 1.165) is 6.42 Å². The van der Waals surface area contributed by atoms with Gasteiger partial charge >= 0.3 is 5.97 Å². The molecule has 2 N–H and O–H groups in total. The molecule has 2 fully saturated rings. The van der Waals surface area contributed by atoms with E-state index in [9.17, 15) is 14.4 Å². The predicted octanol–water partition coefficient (Wildman–Crippen LogP) is 2.06. The maximum absolute atomic E-state index is 12.3. The van der Waals surface area contributed by atoms with Gasteiger partial charge in [-0.1, -0.05) is 19.1 Å². The molecule has 0 radical (unpaired) electrons. The molecule has 0 bridgehead atoms. The zero-order valence-electron chi connectivity index (χ0n) is 15.1. The van der Waals surface area contributed by atoms with Crippen molar-refractivity contribution in [2.45, 2.75) is 57.4 Å². The highest BCUT2D eigenvalue weighted by molar-refractivity contribution is 5.90. The van der Waals surface area contributed by atoms with Crippen molar-refractivity contribution in [3.8, 4) is 0 Å². The van der Waals surface area contributed by atoms with E-state index in [2.05, 4.69) is 5.32 Å². The molecule has 21 heavy (non-hydrogen) atoms. The van der Waals surface area contributed by atoms with Crippen LogP contribution in [-0.2, 0) is 14.4 Å². The van der Waals surface area contributed by atoms with Gasteiger partial charge < -0.3 is 10.4 Å². The summed E-state index contributed by atoms with van der Waals surface area (Å²) in [4.78, 5) is 35.6. The van der Waals surface area contributed by atoms with Gasteiger partial charge in [-0.3, -0.25) is 9.59 Å². The van der Waals surface area contributed by atoms with Gasteiger partial charge in [-0.25, -0.2) is 4.79 Å². The van der Waals surface area contributed by atoms with Crippen molar-refractivity contribution in [2.75, 3.05) is 0 Å². The molecule has 116 valence electrons. The number of rotatable bonds is 7. The summed E-state index contributed by atoms with van der Waals surface area (Å²) in [5.41, 5.74) is -1.22. The van der Waals surface area contributed by atoms with E-state index in [-0.39, 0.29) is 19.3 Å². The highest BCUT2D eigenvalue weighted by Crippen LogP contribution is 2.37. The van der Waals surface area contributed by atoms with Crippen LogP contribution < -0.4 is 5.32 Å². The van der Waals surface area contributed by atoms with Gasteiger partial charge in [0.25, 0.3) is 0 Å². The lowest BCUT2D eigenvalue weighted by molar-refractivity contribution is -0.143. The van der Waals surface area contributed by atoms with E-state index >= 15 is 0 Å². The van der Waals surface area contributed by atoms with Crippen LogP contribution in [0.2, 0.25) is 0 Å². The summed E-state index contributed by atoms with van der Waals surface area (Å²) in [5, 5.41) is 11.6. The lowest BCUT2D eigenvalue weighted by Gasteiger charge is -2.18. The number of carbonyl (C=O) groups is 3. The molecule has 2 unspecified atom stereocenters. The number of amides is 1. The normalized spacial score (nSPS) is 35.0. The number of ketones is 1. The van der Waals surface area contributed by atoms with Crippen LogP contribution in [0.4, 0.5) is 0 Å². The maximum Gasteiger partial charge on any atom is 0.329 e. The molecule has 0 aliphatic heterocycles. The molecule has 0 aromatic heterocycles. The lowest BCUT2D eigenvalue weighted by atomic mass is 9.89. The fourth-order valence-corrected chi connectivity index (χ4v) is 2.53. The molecule has 2 saturated carbocycles. The summed E-state index contributed by atoms with van der Waals surface area (Å²) in [7, 11) is 0. The lowest BCUT2D eigenvalue weighted by Crippen LogP contribution is -2.43. The van der Waals surface area contributed by atoms with Crippen molar-refractivity contribution in [2.24, 2.45) is 11.8 Å². The Morgan fingerprint density at radius 2 is 2.24 bits per heavy atom. The zero-order chi connectivity index (χ0) is 18.2. The van der Waals surface area contributed by atoms with E-state index < -0.39 is 41.4 Å². The second-order valence-corrected chi connectivity index (χ2v) is 5.66. The first-order valence-electron chi connectivity index (χ1n) is 8.82. The van der Waals surface area contributed by atoms with Crippen molar-refractivity contribution >= 4 is 17.7 Å². The van der Waals surface area contributed by atoms with Gasteiger partial charge in [-0.15, -0.1) is 0 Å². The molecule has 0 aromatic carbocycles. The predicted molar refractivity (Wildman–Crippen MR) is 77.6 cm³/mol. The summed E-state index contributed by atoms with van der Waals surface area (Å²) in [6, 6.07) is 0. The number of carboxylic acids is 1. The summed E-state index contributed by atoms with van der Waals surface area (Å²) in [6.45, 7) is 1.91. The molecule has 2 atom stereocenters. The minimum Gasteiger partial charge on any atom is -0.480 e. The quantitative estimate of drug-likeness (QED) is 0.704. The molecule has 5 heteroatoms. The summed E-state index contributed by atoms with van der Waals surface area (Å²) in [6.07, 6.45) is 2.47. The van der Waals surface area contributed by atoms with E-state index in [1.165, 1.54) is 0 Å². The number of Topliss-reactive ketones (excluding diaryl/α,β-unsaturated/α-hetero) is 1. The van der Waals surface area contributed by atoms with Crippen LogP contribution in [0.25, 0.3) is 0 Å². The van der Waals surface area contributed by atoms with Gasteiger partial charge in [0.05, 0.1) is 0 Å². The minimum absolute atomic E-state index is 0.0567. The first-order chi connectivity index (χ1) is 11.1. The molecule has 0 aromatic rings. The molecule has 2 rings (SSSR count). The first kappa shape index (κ1) is 12.0. The number of aliphatic carboxylic acids is 1. The Hall–Kier alpha value is -1.65. The number of hydrogen-bond donors (Lipinski definition) is 2. The van der Waals surface area contributed by atoms with Crippen molar-refractivity contribution < 1.29 is 23.6 Å². The second-order valence-electron chi connectivity index (χ2n) is 5.66. The van der Waals surface area contributed by atoms with Gasteiger partial charge in [0.15, 0.2) is 0 Å². The fraction of sp³-hybridized carbons (Fsp3) is 0.688. The van der Waals surface area contributed by atoms with Crippen LogP contribution in [-0.4, -0.2) is 28.3 Å². The zero-order valence-corrected chi connectivity index (χ0v) is 12.1. The van der Waals surface area contributed by atoms with Gasteiger partial charge in [-0.2, -0.15) is 0 Å². The topological polar surface area (TPSA) is 83.5 Å². The molecule has 2 aliphatic rings. The molecule has 2 aliphatic carbocycles. The fourth-order valence-electron chi connectivity index (χ4n) is 2.53. The number of nitrogens with one attached hydrogen (secondary N) is 1. The third-order valence-corrected chi connectivity index (χ3v) is 4.00. The van der Waals surface area contributed by atoms with Crippen molar-refractivity contribution in [1.29, 1.82) is 0 Å². The molecular formula is C16H23NO4. The van der Waals surface area contributed by atoms with Crippen LogP contribution in [0.15, 0.2) is 12.2 Å². The minimum atomic E-state index is -2.13. The summed E-state index contributed by atoms with van der Waals surface area (Å²) in [5.74, 6) is -4.89. The number of hydrogen-bond acceptors (Lipinski definition) is 3. The Labute approximate surface area is 129 Å². The summed E-state index contributed by atoms with van der Waals surface area (Å²) < 4.78 is 24.1. The molecule has 0 heterocycles. The first-order valence-corrected chi connectivity index (χ1v) is 7.32. The van der Waals surface area contributed by atoms with Crippen molar-refractivity contribution in [3.63, 3.8) is 0 Å². The van der Waals surface area contributed by atoms with E-state index in [1.54, 1.807) is 12.2 Å². The third kappa shape index (κ3) is 3.71. The third-order valence-electron chi connectivity index (χ3n) is 4.00. The van der Waals surface area contributed by atoms with E-state index in [0.29, 0.717) is 12.8 Å². The van der Waals surface area contributed by atoms with Crippen molar-refractivity contribution in [3.05, 3.63) is 12.2 Å². The Balaban J connectivity index is 2.11. The SMILES string of the molecule is [2H]C1([2H])CC(CC(=O)NC2(C(=O)O)CC2)C([2H])(C/C=C\CC)C1=O. The van der Waals surface area contributed by atoms with Gasteiger partial charge in [0.1, 0.15) is 11.3 Å². The van der Waals surface area contributed by atoms with Gasteiger partial charge in [0, 0.05) is 22.8 Å². The largest absolute Gasteiger partial charge is 0.480 e. The average Bonchev–Trinajstić information content (AvgIpc) is 3.23. The smallest absolute Gasteiger partial charge is 0.329 e. The van der Waals surface area contributed by atoms with Crippen LogP contribution in [0, 0.1) is 11.8 Å². The monoisotopic (exact) mass is 296 g/mol. The molecule has 0 spiro atoms. The molecular weight excluding hydrogens is 270 g/mol. The van der Waals surface area contributed by atoms with Crippen LogP contribution in [0.5, 0.6) is 0 Å². The molecule has 5 nitrogen and oxygen atoms in total. The van der Waals surface area contributed by atoms with Crippen LogP contribution in [0.3, 0.4) is 0 Å².